The number of hydrogen-bond donors (Lipinski definition) is 1. The highest BCUT2D eigenvalue weighted by atomic mass is 32.2. The first-order chi connectivity index (χ1) is 8.49. The Morgan fingerprint density at radius 1 is 1.28 bits per heavy atom. The van der Waals surface area contributed by atoms with Gasteiger partial charge in [0.25, 0.3) is 0 Å². The van der Waals surface area contributed by atoms with Crippen LogP contribution in [0.25, 0.3) is 0 Å². The molecule has 0 spiro atoms. The van der Waals surface area contributed by atoms with Crippen molar-refractivity contribution in [1.29, 1.82) is 0 Å². The van der Waals surface area contributed by atoms with Crippen molar-refractivity contribution in [3.05, 3.63) is 5.82 Å². The molecule has 1 aliphatic carbocycles. The first kappa shape index (κ1) is 13.9. The maximum Gasteiger partial charge on any atom is 0.452 e. The third-order valence-corrected chi connectivity index (χ3v) is 4.80. The first-order valence-corrected chi connectivity index (χ1v) is 7.75. The molecule has 1 heterocycles. The van der Waals surface area contributed by atoms with E-state index in [1.807, 2.05) is 11.8 Å². The molecule has 0 radical (unpaired) electrons. The fraction of sp³-hybridized carbons (Fsp3) is 0.800. The summed E-state index contributed by atoms with van der Waals surface area (Å²) in [5.74, 6) is -1.05. The summed E-state index contributed by atoms with van der Waals surface area (Å²) in [7, 11) is 0. The maximum atomic E-state index is 12.3. The number of anilines is 1. The predicted molar refractivity (Wildman–Crippen MR) is 68.1 cm³/mol. The lowest BCUT2D eigenvalue weighted by Crippen LogP contribution is -2.27. The van der Waals surface area contributed by atoms with Crippen LogP contribution in [0.5, 0.6) is 0 Å². The number of nitrogens with one attached hydrogen (secondary N) is 1. The third kappa shape index (κ3) is 3.50. The van der Waals surface area contributed by atoms with Gasteiger partial charge in [0.05, 0.1) is 0 Å². The van der Waals surface area contributed by atoms with Gasteiger partial charge in [-0.1, -0.05) is 0 Å². The highest BCUT2D eigenvalue weighted by Crippen LogP contribution is 2.31. The van der Waals surface area contributed by atoms with Crippen molar-refractivity contribution < 1.29 is 13.2 Å². The summed E-state index contributed by atoms with van der Waals surface area (Å²) in [6.07, 6.45) is 1.80. The number of nitrogens with zero attached hydrogens (tertiary/aromatic N) is 2. The van der Waals surface area contributed by atoms with Gasteiger partial charge in [-0.25, -0.2) is 0 Å². The molecular formula is C10H14F3N3S2. The van der Waals surface area contributed by atoms with Crippen LogP contribution < -0.4 is 5.32 Å². The molecule has 18 heavy (non-hydrogen) atoms. The number of thioether (sulfide) groups is 1. The molecule has 1 fully saturated rings. The SMILES string of the molecule is CSC1CCC(Nc2nc(C(F)(F)F)ns2)CC1. The molecule has 2 rings (SSSR count). The van der Waals surface area contributed by atoms with Crippen molar-refractivity contribution in [1.82, 2.24) is 9.36 Å². The van der Waals surface area contributed by atoms with E-state index in [2.05, 4.69) is 20.9 Å². The minimum atomic E-state index is -4.45. The van der Waals surface area contributed by atoms with Crippen LogP contribution in [0.4, 0.5) is 18.3 Å². The Hall–Kier alpha value is -0.500. The van der Waals surface area contributed by atoms with Crippen molar-refractivity contribution in [3.8, 4) is 0 Å². The lowest BCUT2D eigenvalue weighted by molar-refractivity contribution is -0.144. The molecule has 1 aliphatic rings. The van der Waals surface area contributed by atoms with Gasteiger partial charge in [0, 0.05) is 22.8 Å². The van der Waals surface area contributed by atoms with Gasteiger partial charge >= 0.3 is 6.18 Å². The number of aromatic nitrogens is 2. The van der Waals surface area contributed by atoms with E-state index in [-0.39, 0.29) is 11.2 Å². The van der Waals surface area contributed by atoms with Crippen molar-refractivity contribution in [2.24, 2.45) is 0 Å². The molecule has 8 heteroatoms. The van der Waals surface area contributed by atoms with Crippen molar-refractivity contribution in [3.63, 3.8) is 0 Å². The van der Waals surface area contributed by atoms with Crippen molar-refractivity contribution >= 4 is 28.4 Å². The Balaban J connectivity index is 1.89. The van der Waals surface area contributed by atoms with Crippen LogP contribution in [0.1, 0.15) is 31.5 Å². The molecule has 0 aliphatic heterocycles. The Labute approximate surface area is 112 Å². The fourth-order valence-electron chi connectivity index (χ4n) is 2.01. The van der Waals surface area contributed by atoms with E-state index in [4.69, 9.17) is 0 Å². The third-order valence-electron chi connectivity index (χ3n) is 3.01. The normalized spacial score (nSPS) is 25.1. The zero-order valence-electron chi connectivity index (χ0n) is 9.83. The second-order valence-corrected chi connectivity index (χ2v) is 6.16. The zero-order chi connectivity index (χ0) is 13.2. The lowest BCUT2D eigenvalue weighted by atomic mass is 9.95. The van der Waals surface area contributed by atoms with Crippen LogP contribution in [-0.4, -0.2) is 26.9 Å². The smallest absolute Gasteiger partial charge is 0.358 e. The monoisotopic (exact) mass is 297 g/mol. The molecule has 0 atom stereocenters. The lowest BCUT2D eigenvalue weighted by Gasteiger charge is -2.27. The summed E-state index contributed by atoms with van der Waals surface area (Å²) < 4.78 is 40.3. The van der Waals surface area contributed by atoms with Gasteiger partial charge < -0.3 is 5.32 Å². The summed E-state index contributed by atoms with van der Waals surface area (Å²) in [6.45, 7) is 0. The van der Waals surface area contributed by atoms with Crippen LogP contribution in [0.15, 0.2) is 0 Å². The summed E-state index contributed by atoms with van der Waals surface area (Å²) in [6, 6.07) is 0.224. The van der Waals surface area contributed by atoms with E-state index in [0.717, 1.165) is 37.2 Å². The Morgan fingerprint density at radius 2 is 1.94 bits per heavy atom. The molecule has 102 valence electrons. The van der Waals surface area contributed by atoms with Gasteiger partial charge in [0.15, 0.2) is 0 Å². The Morgan fingerprint density at radius 3 is 2.44 bits per heavy atom. The van der Waals surface area contributed by atoms with Gasteiger partial charge in [0.1, 0.15) is 0 Å². The van der Waals surface area contributed by atoms with Crippen LogP contribution in [0, 0.1) is 0 Å². The van der Waals surface area contributed by atoms with Gasteiger partial charge in [-0.2, -0.15) is 34.3 Å². The van der Waals surface area contributed by atoms with E-state index >= 15 is 0 Å². The molecule has 0 amide bonds. The highest BCUT2D eigenvalue weighted by Gasteiger charge is 2.36. The molecule has 0 saturated heterocycles. The van der Waals surface area contributed by atoms with Gasteiger partial charge in [0.2, 0.25) is 11.0 Å². The number of halogens is 3. The van der Waals surface area contributed by atoms with Crippen molar-refractivity contribution in [2.45, 2.75) is 43.2 Å². The van der Waals surface area contributed by atoms with E-state index in [9.17, 15) is 13.2 Å². The van der Waals surface area contributed by atoms with Crippen LogP contribution in [0.3, 0.4) is 0 Å². The fourth-order valence-corrected chi connectivity index (χ4v) is 3.42. The quantitative estimate of drug-likeness (QED) is 0.924. The van der Waals surface area contributed by atoms with Gasteiger partial charge in [-0.05, 0) is 31.9 Å². The molecule has 3 nitrogen and oxygen atoms in total. The molecule has 1 aromatic heterocycles. The molecule has 0 unspecified atom stereocenters. The summed E-state index contributed by atoms with van der Waals surface area (Å²) in [5, 5.41) is 4.01. The number of rotatable bonds is 3. The molecule has 1 aromatic rings. The second kappa shape index (κ2) is 5.64. The minimum absolute atomic E-state index is 0.224. The standard InChI is InChI=1S/C10H14F3N3S2/c1-17-7-4-2-6(3-5-7)14-9-15-8(16-18-9)10(11,12)13/h6-7H,2-5H2,1H3,(H,14,15,16). The van der Waals surface area contributed by atoms with Crippen molar-refractivity contribution in [2.75, 3.05) is 11.6 Å². The van der Waals surface area contributed by atoms with Gasteiger partial charge in [-0.3, -0.25) is 0 Å². The molecule has 1 saturated carbocycles. The first-order valence-electron chi connectivity index (χ1n) is 5.69. The molecule has 0 aromatic carbocycles. The van der Waals surface area contributed by atoms with Crippen LogP contribution in [-0.2, 0) is 6.18 Å². The number of hydrogen-bond acceptors (Lipinski definition) is 5. The Kier molecular flexibility index (Phi) is 4.37. The average Bonchev–Trinajstić information content (AvgIpc) is 2.78. The molecule has 0 bridgehead atoms. The predicted octanol–water partition coefficient (Wildman–Crippen LogP) is 3.64. The summed E-state index contributed by atoms with van der Waals surface area (Å²) in [5.41, 5.74) is 0. The second-order valence-electron chi connectivity index (χ2n) is 4.27. The topological polar surface area (TPSA) is 37.8 Å². The molecule has 1 N–H and O–H groups in total. The highest BCUT2D eigenvalue weighted by molar-refractivity contribution is 7.99. The van der Waals surface area contributed by atoms with Gasteiger partial charge in [-0.15, -0.1) is 0 Å². The summed E-state index contributed by atoms with van der Waals surface area (Å²) >= 11 is 2.64. The summed E-state index contributed by atoms with van der Waals surface area (Å²) in [4.78, 5) is 3.48. The van der Waals surface area contributed by atoms with E-state index < -0.39 is 12.0 Å². The molecular weight excluding hydrogens is 283 g/mol. The average molecular weight is 297 g/mol. The zero-order valence-corrected chi connectivity index (χ0v) is 11.5. The largest absolute Gasteiger partial charge is 0.452 e. The van der Waals surface area contributed by atoms with E-state index in [1.165, 1.54) is 0 Å². The number of alkyl halides is 3. The minimum Gasteiger partial charge on any atom is -0.358 e. The van der Waals surface area contributed by atoms with E-state index in [1.54, 1.807) is 0 Å². The van der Waals surface area contributed by atoms with E-state index in [0.29, 0.717) is 5.25 Å². The maximum absolute atomic E-state index is 12.3. The van der Waals surface area contributed by atoms with Crippen LogP contribution >= 0.6 is 23.3 Å². The van der Waals surface area contributed by atoms with Crippen LogP contribution in [0.2, 0.25) is 0 Å². The Bertz CT molecular complexity index is 386.